The van der Waals surface area contributed by atoms with Gasteiger partial charge in [0.15, 0.2) is 11.9 Å². The van der Waals surface area contributed by atoms with Crippen molar-refractivity contribution < 1.29 is 24.0 Å². The minimum atomic E-state index is -1.01. The number of ether oxygens (including phenoxy) is 1. The van der Waals surface area contributed by atoms with E-state index in [1.807, 2.05) is 0 Å². The Balaban J connectivity index is 1.99. The molecule has 3 N–H and O–H groups in total. The van der Waals surface area contributed by atoms with E-state index in [4.69, 9.17) is 14.4 Å². The molecule has 2 rings (SSSR count). The number of para-hydroxylation sites is 1. The summed E-state index contributed by atoms with van der Waals surface area (Å²) in [6, 6.07) is 8.26. The number of aliphatic hydroxyl groups excluding tert-OH is 1. The average Bonchev–Trinajstić information content (AvgIpc) is 2.97. The summed E-state index contributed by atoms with van der Waals surface area (Å²) < 4.78 is 10.0. The normalized spacial score (nSPS) is 11.6. The summed E-state index contributed by atoms with van der Waals surface area (Å²) in [6.45, 7) is 3.39. The van der Waals surface area contributed by atoms with Gasteiger partial charge in [-0.1, -0.05) is 17.3 Å². The lowest BCUT2D eigenvalue weighted by Gasteiger charge is -2.14. The number of hydrogen-bond acceptors (Lipinski definition) is 7. The summed E-state index contributed by atoms with van der Waals surface area (Å²) in [4.78, 5) is 24.3. The molecule has 0 aliphatic rings. The monoisotopic (exact) mass is 333 g/mol. The van der Waals surface area contributed by atoms with Gasteiger partial charge in [0, 0.05) is 18.3 Å². The molecule has 0 aliphatic heterocycles. The van der Waals surface area contributed by atoms with E-state index in [1.165, 1.54) is 6.92 Å². The molecule has 0 fully saturated rings. The van der Waals surface area contributed by atoms with E-state index in [1.54, 1.807) is 37.3 Å². The highest BCUT2D eigenvalue weighted by atomic mass is 16.5. The molecule has 0 aliphatic carbocycles. The van der Waals surface area contributed by atoms with Crippen molar-refractivity contribution in [3.63, 3.8) is 0 Å². The second kappa shape index (κ2) is 8.11. The Kier molecular flexibility index (Phi) is 5.91. The van der Waals surface area contributed by atoms with Crippen LogP contribution in [-0.4, -0.2) is 41.4 Å². The van der Waals surface area contributed by atoms with Crippen molar-refractivity contribution in [3.8, 4) is 0 Å². The third-order valence-corrected chi connectivity index (χ3v) is 3.11. The van der Waals surface area contributed by atoms with Crippen LogP contribution >= 0.6 is 0 Å². The number of carbonyl (C=O) groups excluding carboxylic acids is 2. The minimum absolute atomic E-state index is 0.0701. The molecule has 8 nitrogen and oxygen atoms in total. The fourth-order valence-electron chi connectivity index (χ4n) is 1.94. The highest BCUT2D eigenvalue weighted by Gasteiger charge is 2.21. The van der Waals surface area contributed by atoms with Gasteiger partial charge in [-0.25, -0.2) is 4.79 Å². The zero-order chi connectivity index (χ0) is 17.5. The molecule has 1 heterocycles. The standard InChI is InChI=1S/C16H19N3O5/c1-10-9-14(19-24-10)18-15(21)11(2)23-16(22)12-5-3-4-6-13(12)17-7-8-20/h3-6,9,11,17,20H,7-8H2,1-2H3,(H,18,19,21)/t11-/m0/s1. The van der Waals surface area contributed by atoms with Gasteiger partial charge in [-0.05, 0) is 26.0 Å². The van der Waals surface area contributed by atoms with Gasteiger partial charge >= 0.3 is 5.97 Å². The minimum Gasteiger partial charge on any atom is -0.449 e. The van der Waals surface area contributed by atoms with Crippen LogP contribution in [-0.2, 0) is 9.53 Å². The van der Waals surface area contributed by atoms with Gasteiger partial charge in [0.05, 0.1) is 12.2 Å². The lowest BCUT2D eigenvalue weighted by Crippen LogP contribution is -2.30. The number of anilines is 2. The SMILES string of the molecule is Cc1cc(NC(=O)[C@H](C)OC(=O)c2ccccc2NCCO)no1. The van der Waals surface area contributed by atoms with Gasteiger partial charge in [-0.15, -0.1) is 0 Å². The van der Waals surface area contributed by atoms with Gasteiger partial charge in [-0.3, -0.25) is 4.79 Å². The van der Waals surface area contributed by atoms with Gasteiger partial charge in [0.25, 0.3) is 5.91 Å². The van der Waals surface area contributed by atoms with E-state index >= 15 is 0 Å². The smallest absolute Gasteiger partial charge is 0.341 e. The number of nitrogens with zero attached hydrogens (tertiary/aromatic N) is 1. The molecule has 0 bridgehead atoms. The quantitative estimate of drug-likeness (QED) is 0.659. The van der Waals surface area contributed by atoms with Crippen LogP contribution in [0.15, 0.2) is 34.9 Å². The van der Waals surface area contributed by atoms with Crippen LogP contribution in [0.3, 0.4) is 0 Å². The summed E-state index contributed by atoms with van der Waals surface area (Å²) in [5.74, 6) is -0.350. The molecule has 1 aromatic heterocycles. The third-order valence-electron chi connectivity index (χ3n) is 3.11. The summed E-state index contributed by atoms with van der Waals surface area (Å²) in [6.07, 6.45) is -1.01. The van der Waals surface area contributed by atoms with E-state index in [0.29, 0.717) is 18.0 Å². The van der Waals surface area contributed by atoms with Crippen LogP contribution in [0.4, 0.5) is 11.5 Å². The van der Waals surface area contributed by atoms with Crippen LogP contribution in [0.5, 0.6) is 0 Å². The number of carbonyl (C=O) groups is 2. The van der Waals surface area contributed by atoms with Gasteiger partial charge < -0.3 is 25.0 Å². The van der Waals surface area contributed by atoms with Crippen molar-refractivity contribution in [1.29, 1.82) is 0 Å². The summed E-state index contributed by atoms with van der Waals surface area (Å²) in [7, 11) is 0. The van der Waals surface area contributed by atoms with Crippen LogP contribution in [0, 0.1) is 6.92 Å². The Morgan fingerprint density at radius 1 is 1.38 bits per heavy atom. The highest BCUT2D eigenvalue weighted by Crippen LogP contribution is 2.17. The van der Waals surface area contributed by atoms with Gasteiger partial charge in [0.2, 0.25) is 0 Å². The first-order valence-corrected chi connectivity index (χ1v) is 7.40. The van der Waals surface area contributed by atoms with Crippen molar-refractivity contribution in [2.45, 2.75) is 20.0 Å². The first-order valence-electron chi connectivity index (χ1n) is 7.40. The molecular weight excluding hydrogens is 314 g/mol. The lowest BCUT2D eigenvalue weighted by atomic mass is 10.1. The van der Waals surface area contributed by atoms with E-state index in [9.17, 15) is 9.59 Å². The first kappa shape index (κ1) is 17.5. The zero-order valence-corrected chi connectivity index (χ0v) is 13.4. The van der Waals surface area contributed by atoms with Crippen LogP contribution in [0.25, 0.3) is 0 Å². The van der Waals surface area contributed by atoms with Crippen molar-refractivity contribution >= 4 is 23.4 Å². The predicted octanol–water partition coefficient (Wildman–Crippen LogP) is 1.57. The fraction of sp³-hybridized carbons (Fsp3) is 0.312. The molecule has 0 unspecified atom stereocenters. The number of amides is 1. The summed E-state index contributed by atoms with van der Waals surface area (Å²) >= 11 is 0. The van der Waals surface area contributed by atoms with E-state index in [2.05, 4.69) is 15.8 Å². The Bertz CT molecular complexity index is 713. The summed E-state index contributed by atoms with van der Waals surface area (Å²) in [5, 5.41) is 17.9. The largest absolute Gasteiger partial charge is 0.449 e. The fourth-order valence-corrected chi connectivity index (χ4v) is 1.94. The third kappa shape index (κ3) is 4.56. The number of aryl methyl sites for hydroxylation is 1. The topological polar surface area (TPSA) is 114 Å². The number of nitrogens with one attached hydrogen (secondary N) is 2. The van der Waals surface area contributed by atoms with E-state index in [-0.39, 0.29) is 18.0 Å². The van der Waals surface area contributed by atoms with E-state index < -0.39 is 18.0 Å². The molecule has 0 saturated carbocycles. The molecule has 8 heteroatoms. The molecule has 1 atom stereocenters. The highest BCUT2D eigenvalue weighted by molar-refractivity contribution is 5.99. The lowest BCUT2D eigenvalue weighted by molar-refractivity contribution is -0.123. The number of aliphatic hydroxyl groups is 1. The Morgan fingerprint density at radius 2 is 2.12 bits per heavy atom. The zero-order valence-electron chi connectivity index (χ0n) is 13.4. The molecule has 24 heavy (non-hydrogen) atoms. The number of benzene rings is 1. The molecule has 1 aromatic carbocycles. The number of hydrogen-bond donors (Lipinski definition) is 3. The van der Waals surface area contributed by atoms with Crippen LogP contribution < -0.4 is 10.6 Å². The number of aromatic nitrogens is 1. The maximum atomic E-state index is 12.3. The van der Waals surface area contributed by atoms with Crippen molar-refractivity contribution in [3.05, 3.63) is 41.7 Å². The summed E-state index contributed by atoms with van der Waals surface area (Å²) in [5.41, 5.74) is 0.805. The van der Waals surface area contributed by atoms with Crippen molar-refractivity contribution in [1.82, 2.24) is 5.16 Å². The molecule has 0 spiro atoms. The van der Waals surface area contributed by atoms with Crippen molar-refractivity contribution in [2.24, 2.45) is 0 Å². The predicted molar refractivity (Wildman–Crippen MR) is 86.8 cm³/mol. The second-order valence-electron chi connectivity index (χ2n) is 5.06. The maximum absolute atomic E-state index is 12.3. The average molecular weight is 333 g/mol. The van der Waals surface area contributed by atoms with Crippen LogP contribution in [0.2, 0.25) is 0 Å². The Labute approximate surface area is 138 Å². The second-order valence-corrected chi connectivity index (χ2v) is 5.06. The first-order chi connectivity index (χ1) is 11.5. The van der Waals surface area contributed by atoms with Crippen molar-refractivity contribution in [2.75, 3.05) is 23.8 Å². The van der Waals surface area contributed by atoms with E-state index in [0.717, 1.165) is 0 Å². The molecule has 2 aromatic rings. The van der Waals surface area contributed by atoms with Gasteiger partial charge in [0.1, 0.15) is 5.76 Å². The molecule has 1 amide bonds. The van der Waals surface area contributed by atoms with Gasteiger partial charge in [-0.2, -0.15) is 0 Å². The molecular formula is C16H19N3O5. The molecule has 128 valence electrons. The number of esters is 1. The Morgan fingerprint density at radius 3 is 2.79 bits per heavy atom. The van der Waals surface area contributed by atoms with Crippen LogP contribution in [0.1, 0.15) is 23.0 Å². The maximum Gasteiger partial charge on any atom is 0.341 e. The molecule has 0 radical (unpaired) electrons. The Hall–Kier alpha value is -2.87. The number of rotatable bonds is 7. The molecule has 0 saturated heterocycles.